The molecule has 21 heavy (non-hydrogen) atoms. The number of amides is 1. The van der Waals surface area contributed by atoms with Crippen molar-refractivity contribution in [2.45, 2.75) is 19.4 Å². The molecule has 0 saturated carbocycles. The van der Waals surface area contributed by atoms with Gasteiger partial charge in [-0.05, 0) is 25.1 Å². The number of hydrogen-bond acceptors (Lipinski definition) is 4. The van der Waals surface area contributed by atoms with Crippen molar-refractivity contribution in [1.82, 2.24) is 4.90 Å². The molecule has 0 bridgehead atoms. The number of rotatable bonds is 8. The zero-order valence-corrected chi connectivity index (χ0v) is 13.0. The van der Waals surface area contributed by atoms with Gasteiger partial charge in [0.05, 0.1) is 19.1 Å². The Hall–Kier alpha value is -1.77. The number of nitrogens with zero attached hydrogens (tertiary/aromatic N) is 2. The van der Waals surface area contributed by atoms with Gasteiger partial charge in [-0.2, -0.15) is 5.26 Å². The summed E-state index contributed by atoms with van der Waals surface area (Å²) in [6.45, 7) is 2.89. The van der Waals surface area contributed by atoms with E-state index in [0.717, 1.165) is 0 Å². The second-order valence-electron chi connectivity index (χ2n) is 4.44. The standard InChI is InChI=1S/C15H19ClN2O3/c1-12(21-14-6-3-5-13(16)11-14)15(19)18(8-4-7-17)9-10-20-2/h3,5-6,11-12H,4,8-10H2,1-2H3. The van der Waals surface area contributed by atoms with Gasteiger partial charge in [-0.15, -0.1) is 0 Å². The zero-order chi connectivity index (χ0) is 15.7. The van der Waals surface area contributed by atoms with Crippen LogP contribution < -0.4 is 4.74 Å². The first-order valence-corrected chi connectivity index (χ1v) is 7.03. The number of nitriles is 1. The van der Waals surface area contributed by atoms with Gasteiger partial charge in [0.15, 0.2) is 6.10 Å². The number of halogens is 1. The highest BCUT2D eigenvalue weighted by Crippen LogP contribution is 2.18. The van der Waals surface area contributed by atoms with E-state index in [-0.39, 0.29) is 12.3 Å². The number of carbonyl (C=O) groups is 1. The van der Waals surface area contributed by atoms with E-state index in [0.29, 0.717) is 30.5 Å². The summed E-state index contributed by atoms with van der Waals surface area (Å²) >= 11 is 5.88. The number of methoxy groups -OCH3 is 1. The molecule has 0 aliphatic carbocycles. The quantitative estimate of drug-likeness (QED) is 0.740. The molecule has 1 unspecified atom stereocenters. The van der Waals surface area contributed by atoms with Crippen LogP contribution in [-0.4, -0.2) is 43.7 Å². The zero-order valence-electron chi connectivity index (χ0n) is 12.2. The van der Waals surface area contributed by atoms with Gasteiger partial charge < -0.3 is 14.4 Å². The van der Waals surface area contributed by atoms with Crippen LogP contribution in [-0.2, 0) is 9.53 Å². The molecule has 0 spiro atoms. The Kier molecular flexibility index (Phi) is 7.59. The van der Waals surface area contributed by atoms with Crippen molar-refractivity contribution >= 4 is 17.5 Å². The lowest BCUT2D eigenvalue weighted by Crippen LogP contribution is -2.42. The minimum absolute atomic E-state index is 0.178. The normalized spacial score (nSPS) is 11.5. The van der Waals surface area contributed by atoms with Gasteiger partial charge in [-0.1, -0.05) is 17.7 Å². The molecule has 114 valence electrons. The highest BCUT2D eigenvalue weighted by molar-refractivity contribution is 6.30. The summed E-state index contributed by atoms with van der Waals surface area (Å²) in [6.07, 6.45) is -0.377. The fraction of sp³-hybridized carbons (Fsp3) is 0.467. The highest BCUT2D eigenvalue weighted by Gasteiger charge is 2.21. The molecule has 0 aliphatic rings. The van der Waals surface area contributed by atoms with Crippen molar-refractivity contribution in [3.05, 3.63) is 29.3 Å². The summed E-state index contributed by atoms with van der Waals surface area (Å²) in [7, 11) is 1.57. The van der Waals surface area contributed by atoms with Crippen LogP contribution in [0.3, 0.4) is 0 Å². The number of carbonyl (C=O) groups excluding carboxylic acids is 1. The van der Waals surface area contributed by atoms with Gasteiger partial charge >= 0.3 is 0 Å². The predicted octanol–water partition coefficient (Wildman–Crippen LogP) is 2.50. The topological polar surface area (TPSA) is 62.6 Å². The molecule has 5 nitrogen and oxygen atoms in total. The maximum atomic E-state index is 12.3. The molecular formula is C15H19ClN2O3. The summed E-state index contributed by atoms with van der Waals surface area (Å²) < 4.78 is 10.6. The lowest BCUT2D eigenvalue weighted by atomic mass is 10.3. The highest BCUT2D eigenvalue weighted by atomic mass is 35.5. The van der Waals surface area contributed by atoms with Gasteiger partial charge in [0.2, 0.25) is 0 Å². The van der Waals surface area contributed by atoms with Crippen molar-refractivity contribution in [2.75, 3.05) is 26.8 Å². The van der Waals surface area contributed by atoms with Crippen LogP contribution in [0.25, 0.3) is 0 Å². The third-order valence-corrected chi connectivity index (χ3v) is 3.06. The van der Waals surface area contributed by atoms with Crippen LogP contribution in [0, 0.1) is 11.3 Å². The van der Waals surface area contributed by atoms with Crippen molar-refractivity contribution < 1.29 is 14.3 Å². The van der Waals surface area contributed by atoms with Gasteiger partial charge in [0, 0.05) is 25.2 Å². The Bertz CT molecular complexity index is 502. The van der Waals surface area contributed by atoms with Gasteiger partial charge in [-0.25, -0.2) is 0 Å². The van der Waals surface area contributed by atoms with E-state index in [2.05, 4.69) is 0 Å². The Morgan fingerprint density at radius 2 is 2.24 bits per heavy atom. The summed E-state index contributed by atoms with van der Waals surface area (Å²) in [5.74, 6) is 0.359. The lowest BCUT2D eigenvalue weighted by molar-refractivity contribution is -0.138. The van der Waals surface area contributed by atoms with E-state index in [4.69, 9.17) is 26.3 Å². The number of hydrogen-bond donors (Lipinski definition) is 0. The number of benzene rings is 1. The largest absolute Gasteiger partial charge is 0.481 e. The Labute approximate surface area is 130 Å². The average Bonchev–Trinajstić information content (AvgIpc) is 2.47. The van der Waals surface area contributed by atoms with Crippen molar-refractivity contribution in [3.8, 4) is 11.8 Å². The second kappa shape index (κ2) is 9.22. The first-order valence-electron chi connectivity index (χ1n) is 6.65. The first-order chi connectivity index (χ1) is 10.1. The van der Waals surface area contributed by atoms with E-state index in [1.165, 1.54) is 0 Å². The predicted molar refractivity (Wildman–Crippen MR) is 80.2 cm³/mol. The average molecular weight is 311 g/mol. The van der Waals surface area contributed by atoms with Crippen LogP contribution >= 0.6 is 11.6 Å². The molecule has 0 aliphatic heterocycles. The van der Waals surface area contributed by atoms with E-state index < -0.39 is 6.10 Å². The lowest BCUT2D eigenvalue weighted by Gasteiger charge is -2.25. The van der Waals surface area contributed by atoms with E-state index in [9.17, 15) is 4.79 Å². The molecule has 1 atom stereocenters. The monoisotopic (exact) mass is 310 g/mol. The molecule has 1 aromatic carbocycles. The second-order valence-corrected chi connectivity index (χ2v) is 4.88. The van der Waals surface area contributed by atoms with Crippen LogP contribution in [0.2, 0.25) is 5.02 Å². The smallest absolute Gasteiger partial charge is 0.263 e. The summed E-state index contributed by atoms with van der Waals surface area (Å²) in [4.78, 5) is 13.9. The molecule has 1 rings (SSSR count). The van der Waals surface area contributed by atoms with Crippen LogP contribution in [0.1, 0.15) is 13.3 Å². The maximum Gasteiger partial charge on any atom is 0.263 e. The molecule has 1 aromatic rings. The van der Waals surface area contributed by atoms with E-state index in [1.54, 1.807) is 43.2 Å². The molecule has 0 N–H and O–H groups in total. The molecular weight excluding hydrogens is 292 g/mol. The Balaban J connectivity index is 2.66. The molecule has 6 heteroatoms. The Morgan fingerprint density at radius 3 is 2.86 bits per heavy atom. The molecule has 0 radical (unpaired) electrons. The maximum absolute atomic E-state index is 12.3. The first kappa shape index (κ1) is 17.3. The fourth-order valence-corrected chi connectivity index (χ4v) is 1.95. The summed E-state index contributed by atoms with van der Waals surface area (Å²) in [5, 5.41) is 9.21. The van der Waals surface area contributed by atoms with Crippen LogP contribution in [0.4, 0.5) is 0 Å². The molecule has 0 fully saturated rings. The fourth-order valence-electron chi connectivity index (χ4n) is 1.77. The van der Waals surface area contributed by atoms with Crippen molar-refractivity contribution in [1.29, 1.82) is 5.26 Å². The van der Waals surface area contributed by atoms with Gasteiger partial charge in [0.1, 0.15) is 5.75 Å². The molecule has 1 amide bonds. The van der Waals surface area contributed by atoms with E-state index >= 15 is 0 Å². The summed E-state index contributed by atoms with van der Waals surface area (Å²) in [5.41, 5.74) is 0. The molecule has 0 heterocycles. The molecule has 0 aromatic heterocycles. The third kappa shape index (κ3) is 6.03. The van der Waals surface area contributed by atoms with Gasteiger partial charge in [0.25, 0.3) is 5.91 Å². The minimum atomic E-state index is -0.654. The number of ether oxygens (including phenoxy) is 2. The van der Waals surface area contributed by atoms with E-state index in [1.807, 2.05) is 6.07 Å². The molecule has 0 saturated heterocycles. The van der Waals surface area contributed by atoms with Crippen LogP contribution in [0.15, 0.2) is 24.3 Å². The minimum Gasteiger partial charge on any atom is -0.481 e. The van der Waals surface area contributed by atoms with Crippen molar-refractivity contribution in [2.24, 2.45) is 0 Å². The van der Waals surface area contributed by atoms with Gasteiger partial charge in [-0.3, -0.25) is 4.79 Å². The third-order valence-electron chi connectivity index (χ3n) is 2.83. The SMILES string of the molecule is COCCN(CCC#N)C(=O)C(C)Oc1cccc(Cl)c1. The van der Waals surface area contributed by atoms with Crippen molar-refractivity contribution in [3.63, 3.8) is 0 Å². The van der Waals surface area contributed by atoms with Crippen LogP contribution in [0.5, 0.6) is 5.75 Å². The Morgan fingerprint density at radius 1 is 1.48 bits per heavy atom. The summed E-state index contributed by atoms with van der Waals surface area (Å²) in [6, 6.07) is 8.92.